The van der Waals surface area contributed by atoms with Crippen LogP contribution in [0.15, 0.2) is 29.0 Å². The molecule has 2 aromatic rings. The minimum Gasteiger partial charge on any atom is -0.339 e. The van der Waals surface area contributed by atoms with Crippen LogP contribution in [-0.4, -0.2) is 57.9 Å². The zero-order valence-electron chi connectivity index (χ0n) is 13.8. The van der Waals surface area contributed by atoms with Gasteiger partial charge in [-0.15, -0.1) is 0 Å². The standard InChI is InChI=1S/C16H18N4O4S/c1-2-13(21)20-9-16(10-20)12(5-8-25(16,22)23)15-18-14(19-24-15)11-3-6-17-7-4-11/h3-4,6-7,12H,2,5,8-10H2,1H3. The molecule has 132 valence electrons. The average molecular weight is 362 g/mol. The molecule has 0 saturated carbocycles. The summed E-state index contributed by atoms with van der Waals surface area (Å²) in [5.41, 5.74) is 0.760. The SMILES string of the molecule is CCC(=O)N1CC2(C1)C(c1nc(-c3ccncc3)no1)CCS2(=O)=O. The molecule has 0 N–H and O–H groups in total. The summed E-state index contributed by atoms with van der Waals surface area (Å²) in [4.78, 5) is 21.8. The van der Waals surface area contributed by atoms with E-state index in [9.17, 15) is 13.2 Å². The number of sulfone groups is 1. The second kappa shape index (κ2) is 5.62. The summed E-state index contributed by atoms with van der Waals surface area (Å²) >= 11 is 0. The van der Waals surface area contributed by atoms with Gasteiger partial charge in [-0.05, 0) is 18.6 Å². The van der Waals surface area contributed by atoms with E-state index in [-0.39, 0.29) is 30.7 Å². The van der Waals surface area contributed by atoms with Gasteiger partial charge in [0, 0.05) is 37.5 Å². The maximum absolute atomic E-state index is 12.6. The maximum atomic E-state index is 12.6. The van der Waals surface area contributed by atoms with E-state index in [0.717, 1.165) is 5.56 Å². The van der Waals surface area contributed by atoms with E-state index >= 15 is 0 Å². The van der Waals surface area contributed by atoms with E-state index in [1.165, 1.54) is 0 Å². The van der Waals surface area contributed by atoms with Crippen molar-refractivity contribution in [3.05, 3.63) is 30.4 Å². The highest BCUT2D eigenvalue weighted by atomic mass is 32.2. The Morgan fingerprint density at radius 3 is 2.76 bits per heavy atom. The molecule has 1 unspecified atom stereocenters. The molecule has 0 aromatic carbocycles. The Morgan fingerprint density at radius 1 is 1.36 bits per heavy atom. The van der Waals surface area contributed by atoms with Crippen molar-refractivity contribution in [2.75, 3.05) is 18.8 Å². The first-order valence-corrected chi connectivity index (χ1v) is 9.86. The van der Waals surface area contributed by atoms with Crippen molar-refractivity contribution in [3.63, 3.8) is 0 Å². The van der Waals surface area contributed by atoms with Gasteiger partial charge in [0.05, 0.1) is 11.7 Å². The summed E-state index contributed by atoms with van der Waals surface area (Å²) in [6, 6.07) is 3.53. The van der Waals surface area contributed by atoms with Gasteiger partial charge < -0.3 is 9.42 Å². The van der Waals surface area contributed by atoms with E-state index in [0.29, 0.717) is 24.6 Å². The fourth-order valence-corrected chi connectivity index (χ4v) is 6.03. The predicted octanol–water partition coefficient (Wildman–Crippen LogP) is 1.02. The highest BCUT2D eigenvalue weighted by Crippen LogP contribution is 2.49. The fourth-order valence-electron chi connectivity index (χ4n) is 3.72. The average Bonchev–Trinajstić information content (AvgIpc) is 3.15. The Bertz CT molecular complexity index is 903. The van der Waals surface area contributed by atoms with Gasteiger partial charge in [0.1, 0.15) is 4.75 Å². The Hall–Kier alpha value is -2.29. The van der Waals surface area contributed by atoms with Crippen LogP contribution in [0.25, 0.3) is 11.4 Å². The van der Waals surface area contributed by atoms with Crippen LogP contribution in [0, 0.1) is 0 Å². The predicted molar refractivity (Wildman–Crippen MR) is 88.3 cm³/mol. The zero-order chi connectivity index (χ0) is 17.7. The third kappa shape index (κ3) is 2.37. The lowest BCUT2D eigenvalue weighted by Gasteiger charge is -2.48. The second-order valence-electron chi connectivity index (χ2n) is 6.52. The third-order valence-electron chi connectivity index (χ3n) is 5.18. The molecule has 1 spiro atoms. The van der Waals surface area contributed by atoms with E-state index in [4.69, 9.17) is 4.52 Å². The number of pyridine rings is 1. The molecule has 1 amide bonds. The molecular formula is C16H18N4O4S. The van der Waals surface area contributed by atoms with Crippen molar-refractivity contribution < 1.29 is 17.7 Å². The number of amides is 1. The number of likely N-dealkylation sites (tertiary alicyclic amines) is 1. The van der Waals surface area contributed by atoms with Gasteiger partial charge >= 0.3 is 0 Å². The molecule has 9 heteroatoms. The molecule has 2 aliphatic heterocycles. The molecule has 0 radical (unpaired) electrons. The van der Waals surface area contributed by atoms with Crippen LogP contribution in [0.1, 0.15) is 31.6 Å². The molecular weight excluding hydrogens is 344 g/mol. The van der Waals surface area contributed by atoms with E-state index in [1.807, 2.05) is 0 Å². The summed E-state index contributed by atoms with van der Waals surface area (Å²) in [6.07, 6.45) is 4.07. The number of carbonyl (C=O) groups is 1. The first kappa shape index (κ1) is 16.2. The smallest absolute Gasteiger partial charge is 0.231 e. The Morgan fingerprint density at radius 2 is 2.08 bits per heavy atom. The molecule has 4 heterocycles. The van der Waals surface area contributed by atoms with E-state index < -0.39 is 14.6 Å². The van der Waals surface area contributed by atoms with Crippen LogP contribution < -0.4 is 0 Å². The zero-order valence-corrected chi connectivity index (χ0v) is 14.6. The van der Waals surface area contributed by atoms with E-state index in [1.54, 1.807) is 36.4 Å². The first-order chi connectivity index (χ1) is 12.0. The fraction of sp³-hybridized carbons (Fsp3) is 0.500. The molecule has 1 atom stereocenters. The summed E-state index contributed by atoms with van der Waals surface area (Å²) in [5, 5.41) is 3.98. The number of rotatable bonds is 3. The van der Waals surface area contributed by atoms with Crippen molar-refractivity contribution in [1.82, 2.24) is 20.0 Å². The van der Waals surface area contributed by atoms with Crippen LogP contribution in [0.2, 0.25) is 0 Å². The van der Waals surface area contributed by atoms with Crippen molar-refractivity contribution in [1.29, 1.82) is 0 Å². The van der Waals surface area contributed by atoms with Gasteiger partial charge in [-0.2, -0.15) is 4.98 Å². The van der Waals surface area contributed by atoms with Gasteiger partial charge in [-0.1, -0.05) is 12.1 Å². The normalized spacial score (nSPS) is 23.6. The molecule has 2 saturated heterocycles. The number of hydrogen-bond acceptors (Lipinski definition) is 7. The Balaban J connectivity index is 1.64. The van der Waals surface area contributed by atoms with Crippen LogP contribution >= 0.6 is 0 Å². The Labute approximate surface area is 145 Å². The van der Waals surface area contributed by atoms with Crippen LogP contribution in [0.4, 0.5) is 0 Å². The lowest BCUT2D eigenvalue weighted by molar-refractivity contribution is -0.136. The summed E-state index contributed by atoms with van der Waals surface area (Å²) in [5.74, 6) is 0.420. The molecule has 0 aliphatic carbocycles. The summed E-state index contributed by atoms with van der Waals surface area (Å²) in [6.45, 7) is 2.19. The molecule has 2 aliphatic rings. The van der Waals surface area contributed by atoms with Crippen LogP contribution in [-0.2, 0) is 14.6 Å². The van der Waals surface area contributed by atoms with Crippen LogP contribution in [0.5, 0.6) is 0 Å². The molecule has 8 nitrogen and oxygen atoms in total. The number of hydrogen-bond donors (Lipinski definition) is 0. The molecule has 25 heavy (non-hydrogen) atoms. The van der Waals surface area contributed by atoms with Gasteiger partial charge in [-0.3, -0.25) is 9.78 Å². The number of aromatic nitrogens is 3. The highest BCUT2D eigenvalue weighted by molar-refractivity contribution is 7.93. The maximum Gasteiger partial charge on any atom is 0.231 e. The quantitative estimate of drug-likeness (QED) is 0.802. The lowest BCUT2D eigenvalue weighted by Crippen LogP contribution is -2.67. The first-order valence-electron chi connectivity index (χ1n) is 8.21. The largest absolute Gasteiger partial charge is 0.339 e. The molecule has 2 aromatic heterocycles. The summed E-state index contributed by atoms with van der Waals surface area (Å²) < 4.78 is 29.7. The van der Waals surface area contributed by atoms with Crippen LogP contribution in [0.3, 0.4) is 0 Å². The third-order valence-corrected chi connectivity index (χ3v) is 7.73. The lowest BCUT2D eigenvalue weighted by atomic mass is 9.83. The Kier molecular flexibility index (Phi) is 3.64. The minimum absolute atomic E-state index is 0.0329. The number of carbonyl (C=O) groups excluding carboxylic acids is 1. The number of nitrogens with zero attached hydrogens (tertiary/aromatic N) is 4. The molecule has 0 bridgehead atoms. The topological polar surface area (TPSA) is 106 Å². The van der Waals surface area contributed by atoms with Crippen molar-refractivity contribution >= 4 is 15.7 Å². The van der Waals surface area contributed by atoms with Gasteiger partial charge in [-0.25, -0.2) is 8.42 Å². The van der Waals surface area contributed by atoms with E-state index in [2.05, 4.69) is 15.1 Å². The monoisotopic (exact) mass is 362 g/mol. The van der Waals surface area contributed by atoms with Gasteiger partial charge in [0.2, 0.25) is 17.6 Å². The highest BCUT2D eigenvalue weighted by Gasteiger charge is 2.64. The molecule has 2 fully saturated rings. The molecule has 4 rings (SSSR count). The van der Waals surface area contributed by atoms with Crippen molar-refractivity contribution in [2.45, 2.75) is 30.4 Å². The summed E-state index contributed by atoms with van der Waals surface area (Å²) in [7, 11) is -3.31. The van der Waals surface area contributed by atoms with Crippen molar-refractivity contribution in [2.24, 2.45) is 0 Å². The van der Waals surface area contributed by atoms with Crippen molar-refractivity contribution in [3.8, 4) is 11.4 Å². The van der Waals surface area contributed by atoms with Gasteiger partial charge in [0.15, 0.2) is 9.84 Å². The minimum atomic E-state index is -3.31. The second-order valence-corrected chi connectivity index (χ2v) is 8.97. The van der Waals surface area contributed by atoms with Gasteiger partial charge in [0.25, 0.3) is 0 Å².